The van der Waals surface area contributed by atoms with E-state index in [0.29, 0.717) is 0 Å². The molecule has 0 unspecified atom stereocenters. The third-order valence-corrected chi connectivity index (χ3v) is 3.28. The van der Waals surface area contributed by atoms with Crippen molar-refractivity contribution >= 4 is 17.3 Å². The van der Waals surface area contributed by atoms with Crippen LogP contribution >= 0.6 is 11.6 Å². The molecule has 1 heterocycles. The monoisotopic (exact) mass is 365 g/mol. The van der Waals surface area contributed by atoms with Crippen LogP contribution in [0.2, 0.25) is 5.02 Å². The Hall–Kier alpha value is -2.82. The van der Waals surface area contributed by atoms with Crippen molar-refractivity contribution in [1.29, 1.82) is 0 Å². The van der Waals surface area contributed by atoms with Gasteiger partial charge in [-0.2, -0.15) is 13.2 Å². The number of phenols is 1. The predicted octanol–water partition coefficient (Wildman–Crippen LogP) is 1.82. The van der Waals surface area contributed by atoms with Crippen LogP contribution in [-0.2, 0) is 13.2 Å². The Morgan fingerprint density at radius 2 is 1.83 bits per heavy atom. The van der Waals surface area contributed by atoms with E-state index in [1.165, 1.54) is 0 Å². The van der Waals surface area contributed by atoms with E-state index in [9.17, 15) is 38.0 Å². The van der Waals surface area contributed by atoms with E-state index >= 15 is 0 Å². The Labute approximate surface area is 135 Å². The topological polar surface area (TPSA) is 107 Å². The fourth-order valence-electron chi connectivity index (χ4n) is 2.04. The molecule has 0 radical (unpaired) electrons. The van der Waals surface area contributed by atoms with Crippen molar-refractivity contribution in [3.05, 3.63) is 59.9 Å². The molecule has 0 bridgehead atoms. The molecular formula is C12H7ClF3N3O5. The zero-order chi connectivity index (χ0) is 18.4. The fraction of sp³-hybridized carbons (Fsp3) is 0.167. The maximum Gasteiger partial charge on any atom is 0.431 e. The van der Waals surface area contributed by atoms with Crippen molar-refractivity contribution in [3.63, 3.8) is 0 Å². The normalized spacial score (nSPS) is 11.5. The van der Waals surface area contributed by atoms with Gasteiger partial charge in [-0.1, -0.05) is 11.6 Å². The van der Waals surface area contributed by atoms with Crippen LogP contribution in [-0.4, -0.2) is 19.2 Å². The third kappa shape index (κ3) is 2.85. The number of hydrogen-bond acceptors (Lipinski definition) is 5. The van der Waals surface area contributed by atoms with Crippen molar-refractivity contribution in [2.45, 2.75) is 6.18 Å². The molecule has 2 rings (SSSR count). The van der Waals surface area contributed by atoms with Crippen molar-refractivity contribution in [3.8, 4) is 11.4 Å². The number of aromatic nitrogens is 2. The van der Waals surface area contributed by atoms with Crippen LogP contribution in [0.1, 0.15) is 5.69 Å². The minimum absolute atomic E-state index is 0.0685. The first-order chi connectivity index (χ1) is 10.9. The average molecular weight is 366 g/mol. The van der Waals surface area contributed by atoms with Crippen LogP contribution in [0.15, 0.2) is 27.8 Å². The zero-order valence-electron chi connectivity index (χ0n) is 11.7. The second-order valence-corrected chi connectivity index (χ2v) is 5.03. The Morgan fingerprint density at radius 3 is 2.33 bits per heavy atom. The summed E-state index contributed by atoms with van der Waals surface area (Å²) in [5, 5.41) is 20.6. The molecule has 128 valence electrons. The van der Waals surface area contributed by atoms with Gasteiger partial charge in [0.25, 0.3) is 11.2 Å². The average Bonchev–Trinajstić information content (AvgIpc) is 2.43. The van der Waals surface area contributed by atoms with E-state index in [0.717, 1.165) is 19.2 Å². The summed E-state index contributed by atoms with van der Waals surface area (Å²) in [5.41, 5.74) is -6.34. The highest BCUT2D eigenvalue weighted by molar-refractivity contribution is 6.31. The lowest BCUT2D eigenvalue weighted by molar-refractivity contribution is -0.384. The van der Waals surface area contributed by atoms with E-state index in [1.54, 1.807) is 0 Å². The molecule has 2 aromatic rings. The van der Waals surface area contributed by atoms with E-state index in [1.807, 2.05) is 0 Å². The molecule has 0 amide bonds. The molecule has 0 fully saturated rings. The summed E-state index contributed by atoms with van der Waals surface area (Å²) in [6, 6.07) is 1.66. The summed E-state index contributed by atoms with van der Waals surface area (Å²) in [6.45, 7) is 0. The number of phenolic OH excluding ortho intramolecular Hbond substituents is 1. The number of aromatic hydroxyl groups is 1. The Kier molecular flexibility index (Phi) is 4.14. The Morgan fingerprint density at radius 1 is 1.25 bits per heavy atom. The van der Waals surface area contributed by atoms with Crippen molar-refractivity contribution in [2.75, 3.05) is 0 Å². The van der Waals surface area contributed by atoms with Gasteiger partial charge in [-0.15, -0.1) is 0 Å². The van der Waals surface area contributed by atoms with Gasteiger partial charge in [0.05, 0.1) is 9.95 Å². The van der Waals surface area contributed by atoms with Crippen LogP contribution in [0.25, 0.3) is 5.69 Å². The lowest BCUT2D eigenvalue weighted by Gasteiger charge is -2.14. The Balaban J connectivity index is 2.96. The molecule has 12 heteroatoms. The van der Waals surface area contributed by atoms with Gasteiger partial charge >= 0.3 is 11.9 Å². The van der Waals surface area contributed by atoms with Crippen LogP contribution in [0.5, 0.6) is 5.75 Å². The van der Waals surface area contributed by atoms with Gasteiger partial charge in [-0.3, -0.25) is 19.5 Å². The summed E-state index contributed by atoms with van der Waals surface area (Å²) in [4.78, 5) is 34.1. The van der Waals surface area contributed by atoms with Gasteiger partial charge in [-0.05, 0) is 0 Å². The summed E-state index contributed by atoms with van der Waals surface area (Å²) in [6.07, 6.45) is -4.99. The highest BCUT2D eigenvalue weighted by atomic mass is 35.5. The van der Waals surface area contributed by atoms with Gasteiger partial charge in [0.2, 0.25) is 0 Å². The van der Waals surface area contributed by atoms with Crippen LogP contribution in [0, 0.1) is 10.1 Å². The van der Waals surface area contributed by atoms with Crippen molar-refractivity contribution in [1.82, 2.24) is 9.13 Å². The molecule has 0 atom stereocenters. The van der Waals surface area contributed by atoms with Crippen molar-refractivity contribution < 1.29 is 23.2 Å². The number of nitro benzene ring substituents is 1. The van der Waals surface area contributed by atoms with Gasteiger partial charge in [0.15, 0.2) is 5.69 Å². The summed E-state index contributed by atoms with van der Waals surface area (Å²) in [7, 11) is 0.736. The van der Waals surface area contributed by atoms with E-state index < -0.39 is 45.2 Å². The molecule has 0 aliphatic carbocycles. The molecular weight excluding hydrogens is 359 g/mol. The smallest absolute Gasteiger partial charge is 0.431 e. The molecule has 0 saturated heterocycles. The first-order valence-electron chi connectivity index (χ1n) is 6.02. The van der Waals surface area contributed by atoms with E-state index in [-0.39, 0.29) is 20.2 Å². The quantitative estimate of drug-likeness (QED) is 0.645. The minimum Gasteiger partial charge on any atom is -0.505 e. The summed E-state index contributed by atoms with van der Waals surface area (Å²) >= 11 is 5.57. The SMILES string of the molecule is Cn1c(C(F)(F)F)cc(=O)n(-c2c(O)cc(Cl)cc2[N+](=O)[O-])c1=O. The standard InChI is InChI=1S/C12H7ClF3N3O5/c1-17-8(12(14,15)16)4-9(21)18(11(17)22)10-6(19(23)24)2-5(13)3-7(10)20/h2-4,20H,1H3. The largest absolute Gasteiger partial charge is 0.505 e. The summed E-state index contributed by atoms with van der Waals surface area (Å²) < 4.78 is 38.6. The Bertz CT molecular complexity index is 964. The van der Waals surface area contributed by atoms with Gasteiger partial charge < -0.3 is 5.11 Å². The maximum atomic E-state index is 12.8. The highest BCUT2D eigenvalue weighted by Crippen LogP contribution is 2.34. The molecule has 24 heavy (non-hydrogen) atoms. The second kappa shape index (κ2) is 5.67. The number of hydrogen-bond donors (Lipinski definition) is 1. The maximum absolute atomic E-state index is 12.8. The number of nitro groups is 1. The van der Waals surface area contributed by atoms with Crippen LogP contribution in [0.4, 0.5) is 18.9 Å². The first-order valence-corrected chi connectivity index (χ1v) is 6.40. The number of halogens is 4. The lowest BCUT2D eigenvalue weighted by atomic mass is 10.2. The molecule has 1 aromatic heterocycles. The van der Waals surface area contributed by atoms with Crippen LogP contribution < -0.4 is 11.2 Å². The molecule has 8 nitrogen and oxygen atoms in total. The minimum atomic E-state index is -4.99. The second-order valence-electron chi connectivity index (χ2n) is 4.59. The van der Waals surface area contributed by atoms with Gasteiger partial charge in [0, 0.05) is 25.2 Å². The molecule has 1 aromatic carbocycles. The number of nitrogens with zero attached hydrogens (tertiary/aromatic N) is 3. The van der Waals surface area contributed by atoms with Gasteiger partial charge in [-0.25, -0.2) is 9.36 Å². The van der Waals surface area contributed by atoms with E-state index in [4.69, 9.17) is 11.6 Å². The van der Waals surface area contributed by atoms with E-state index in [2.05, 4.69) is 0 Å². The lowest BCUT2D eigenvalue weighted by Crippen LogP contribution is -2.41. The first kappa shape index (κ1) is 17.5. The molecule has 0 aliphatic heterocycles. The van der Waals surface area contributed by atoms with Crippen molar-refractivity contribution in [2.24, 2.45) is 7.05 Å². The van der Waals surface area contributed by atoms with Crippen LogP contribution in [0.3, 0.4) is 0 Å². The molecule has 1 N–H and O–H groups in total. The molecule has 0 saturated carbocycles. The third-order valence-electron chi connectivity index (χ3n) is 3.07. The highest BCUT2D eigenvalue weighted by Gasteiger charge is 2.36. The molecule has 0 aliphatic rings. The molecule has 0 spiro atoms. The fourth-order valence-corrected chi connectivity index (χ4v) is 2.25. The number of alkyl halides is 3. The number of rotatable bonds is 2. The zero-order valence-corrected chi connectivity index (χ0v) is 12.4. The number of benzene rings is 1. The predicted molar refractivity (Wildman–Crippen MR) is 75.6 cm³/mol. The summed E-state index contributed by atoms with van der Waals surface area (Å²) in [5.74, 6) is -0.909. The van der Waals surface area contributed by atoms with Gasteiger partial charge in [0.1, 0.15) is 11.4 Å².